The lowest BCUT2D eigenvalue weighted by molar-refractivity contribution is 0.477. The highest BCUT2D eigenvalue weighted by molar-refractivity contribution is 7.89. The third-order valence-electron chi connectivity index (χ3n) is 2.92. The number of rotatable bonds is 5. The molecule has 0 aliphatic heterocycles. The van der Waals surface area contributed by atoms with Crippen LogP contribution in [0.2, 0.25) is 0 Å². The van der Waals surface area contributed by atoms with Crippen molar-refractivity contribution in [3.8, 4) is 0 Å². The lowest BCUT2D eigenvalue weighted by atomic mass is 10.1. The van der Waals surface area contributed by atoms with Crippen molar-refractivity contribution < 1.29 is 12.8 Å². The van der Waals surface area contributed by atoms with Crippen LogP contribution < -0.4 is 5.73 Å². The third-order valence-corrected chi connectivity index (χ3v) is 4.39. The number of hydrogen-bond donors (Lipinski definition) is 1. The summed E-state index contributed by atoms with van der Waals surface area (Å²) in [6.45, 7) is 2.18. The van der Waals surface area contributed by atoms with Crippen molar-refractivity contribution in [2.45, 2.75) is 25.0 Å². The van der Waals surface area contributed by atoms with Crippen molar-refractivity contribution in [2.24, 2.45) is 5.73 Å². The van der Waals surface area contributed by atoms with Crippen LogP contribution in [-0.4, -0.2) is 8.42 Å². The molecule has 1 heterocycles. The van der Waals surface area contributed by atoms with Gasteiger partial charge in [0, 0.05) is 0 Å². The maximum atomic E-state index is 12.1. The molecule has 0 atom stereocenters. The first-order valence-corrected chi connectivity index (χ1v) is 7.85. The van der Waals surface area contributed by atoms with Crippen molar-refractivity contribution in [1.82, 2.24) is 0 Å². The van der Waals surface area contributed by atoms with Gasteiger partial charge >= 0.3 is 0 Å². The summed E-state index contributed by atoms with van der Waals surface area (Å²) in [4.78, 5) is 0. The standard InChI is InChI=1S/C14H17NO3S/c1-11-4-2-3-5-12(11)9-19(16,17)10-14-7-6-13(8-15)18-14/h2-7H,8-10,15H2,1H3. The van der Waals surface area contributed by atoms with Gasteiger partial charge in [-0.15, -0.1) is 0 Å². The second-order valence-electron chi connectivity index (χ2n) is 4.53. The maximum absolute atomic E-state index is 12.1. The van der Waals surface area contributed by atoms with Gasteiger partial charge in [-0.1, -0.05) is 24.3 Å². The SMILES string of the molecule is Cc1ccccc1CS(=O)(=O)Cc1ccc(CN)o1. The maximum Gasteiger partial charge on any atom is 0.161 e. The zero-order valence-electron chi connectivity index (χ0n) is 10.8. The molecule has 5 heteroatoms. The number of sulfone groups is 1. The summed E-state index contributed by atoms with van der Waals surface area (Å²) >= 11 is 0. The van der Waals surface area contributed by atoms with E-state index >= 15 is 0 Å². The van der Waals surface area contributed by atoms with E-state index in [1.54, 1.807) is 12.1 Å². The molecule has 0 saturated carbocycles. The third kappa shape index (κ3) is 3.68. The number of nitrogens with two attached hydrogens (primary N) is 1. The molecule has 0 saturated heterocycles. The smallest absolute Gasteiger partial charge is 0.161 e. The van der Waals surface area contributed by atoms with E-state index < -0.39 is 9.84 Å². The zero-order chi connectivity index (χ0) is 13.9. The number of hydrogen-bond acceptors (Lipinski definition) is 4. The highest BCUT2D eigenvalue weighted by Gasteiger charge is 2.16. The molecule has 2 aromatic rings. The fourth-order valence-corrected chi connectivity index (χ4v) is 3.37. The van der Waals surface area contributed by atoms with Crippen molar-refractivity contribution in [1.29, 1.82) is 0 Å². The van der Waals surface area contributed by atoms with Crippen molar-refractivity contribution in [3.05, 3.63) is 59.0 Å². The van der Waals surface area contributed by atoms with Crippen LogP contribution in [0.5, 0.6) is 0 Å². The summed E-state index contributed by atoms with van der Waals surface area (Å²) in [6, 6.07) is 10.9. The Morgan fingerprint density at radius 3 is 2.37 bits per heavy atom. The molecular formula is C14H17NO3S. The number of aryl methyl sites for hydroxylation is 1. The van der Waals surface area contributed by atoms with Crippen molar-refractivity contribution >= 4 is 9.84 Å². The molecule has 102 valence electrons. The summed E-state index contributed by atoms with van der Waals surface area (Å²) in [6.07, 6.45) is 0. The average molecular weight is 279 g/mol. The van der Waals surface area contributed by atoms with E-state index in [4.69, 9.17) is 10.2 Å². The van der Waals surface area contributed by atoms with Gasteiger partial charge in [0.25, 0.3) is 0 Å². The Labute approximate surface area is 113 Å². The van der Waals surface area contributed by atoms with Crippen LogP contribution in [0.25, 0.3) is 0 Å². The summed E-state index contributed by atoms with van der Waals surface area (Å²) < 4.78 is 29.6. The van der Waals surface area contributed by atoms with E-state index in [9.17, 15) is 8.42 Å². The van der Waals surface area contributed by atoms with Crippen molar-refractivity contribution in [3.63, 3.8) is 0 Å². The van der Waals surface area contributed by atoms with Crippen LogP contribution >= 0.6 is 0 Å². The van der Waals surface area contributed by atoms with Gasteiger partial charge in [-0.25, -0.2) is 8.42 Å². The van der Waals surface area contributed by atoms with E-state index in [1.807, 2.05) is 31.2 Å². The second-order valence-corrected chi connectivity index (χ2v) is 6.60. The molecule has 0 aliphatic rings. The normalized spacial score (nSPS) is 11.7. The molecule has 0 fully saturated rings. The van der Waals surface area contributed by atoms with E-state index in [-0.39, 0.29) is 18.1 Å². The quantitative estimate of drug-likeness (QED) is 0.910. The molecule has 1 aromatic heterocycles. The van der Waals surface area contributed by atoms with Gasteiger partial charge in [0.2, 0.25) is 0 Å². The molecule has 0 radical (unpaired) electrons. The van der Waals surface area contributed by atoms with Crippen LogP contribution in [0.15, 0.2) is 40.8 Å². The first kappa shape index (κ1) is 13.8. The molecular weight excluding hydrogens is 262 g/mol. The highest BCUT2D eigenvalue weighted by atomic mass is 32.2. The van der Waals surface area contributed by atoms with Gasteiger partial charge < -0.3 is 10.2 Å². The second kappa shape index (κ2) is 5.59. The van der Waals surface area contributed by atoms with Crippen LogP contribution in [-0.2, 0) is 27.9 Å². The van der Waals surface area contributed by atoms with Gasteiger partial charge in [-0.3, -0.25) is 0 Å². The minimum Gasteiger partial charge on any atom is -0.464 e. The number of benzene rings is 1. The molecule has 2 N–H and O–H groups in total. The Morgan fingerprint density at radius 2 is 1.74 bits per heavy atom. The molecule has 0 unspecified atom stereocenters. The van der Waals surface area contributed by atoms with Gasteiger partial charge in [-0.2, -0.15) is 0 Å². The molecule has 0 aliphatic carbocycles. The van der Waals surface area contributed by atoms with Crippen molar-refractivity contribution in [2.75, 3.05) is 0 Å². The predicted octanol–water partition coefficient (Wildman–Crippen LogP) is 2.16. The van der Waals surface area contributed by atoms with Gasteiger partial charge in [0.1, 0.15) is 17.3 Å². The Kier molecular flexibility index (Phi) is 4.07. The molecule has 0 bridgehead atoms. The molecule has 1 aromatic carbocycles. The Bertz CT molecular complexity index is 659. The van der Waals surface area contributed by atoms with E-state index in [1.165, 1.54) is 0 Å². The van der Waals surface area contributed by atoms with Crippen LogP contribution in [0.1, 0.15) is 22.6 Å². The average Bonchev–Trinajstić information content (AvgIpc) is 2.78. The minimum absolute atomic E-state index is 0.0261. The Balaban J connectivity index is 2.13. The largest absolute Gasteiger partial charge is 0.464 e. The van der Waals surface area contributed by atoms with Crippen LogP contribution in [0.3, 0.4) is 0 Å². The Hall–Kier alpha value is -1.59. The van der Waals surface area contributed by atoms with Crippen LogP contribution in [0.4, 0.5) is 0 Å². The summed E-state index contributed by atoms with van der Waals surface area (Å²) in [7, 11) is -3.24. The molecule has 0 amide bonds. The fraction of sp³-hybridized carbons (Fsp3) is 0.286. The molecule has 2 rings (SSSR count). The lowest BCUT2D eigenvalue weighted by Gasteiger charge is -2.06. The van der Waals surface area contributed by atoms with E-state index in [0.717, 1.165) is 11.1 Å². The minimum atomic E-state index is -3.24. The Morgan fingerprint density at radius 1 is 1.05 bits per heavy atom. The first-order chi connectivity index (χ1) is 9.00. The van der Waals surface area contributed by atoms with Gasteiger partial charge in [0.15, 0.2) is 9.84 Å². The fourth-order valence-electron chi connectivity index (χ4n) is 1.89. The summed E-state index contributed by atoms with van der Waals surface area (Å²) in [5.74, 6) is 0.967. The summed E-state index contributed by atoms with van der Waals surface area (Å²) in [5, 5.41) is 0. The van der Waals surface area contributed by atoms with Crippen LogP contribution in [0, 0.1) is 6.92 Å². The molecule has 19 heavy (non-hydrogen) atoms. The topological polar surface area (TPSA) is 73.3 Å². The first-order valence-electron chi connectivity index (χ1n) is 6.03. The zero-order valence-corrected chi connectivity index (χ0v) is 11.6. The monoisotopic (exact) mass is 279 g/mol. The summed E-state index contributed by atoms with van der Waals surface area (Å²) in [5.41, 5.74) is 7.23. The van der Waals surface area contributed by atoms with Gasteiger partial charge in [0.05, 0.1) is 12.3 Å². The number of furan rings is 1. The lowest BCUT2D eigenvalue weighted by Crippen LogP contribution is -2.08. The van der Waals surface area contributed by atoms with E-state index in [2.05, 4.69) is 0 Å². The predicted molar refractivity (Wildman–Crippen MR) is 74.1 cm³/mol. The highest BCUT2D eigenvalue weighted by Crippen LogP contribution is 2.17. The van der Waals surface area contributed by atoms with Gasteiger partial charge in [-0.05, 0) is 30.2 Å². The molecule has 4 nitrogen and oxygen atoms in total. The van der Waals surface area contributed by atoms with E-state index in [0.29, 0.717) is 11.5 Å². The molecule has 0 spiro atoms.